The molecule has 2 aliphatic rings. The molecule has 0 aromatic carbocycles. The van der Waals surface area contributed by atoms with Crippen molar-refractivity contribution in [1.82, 2.24) is 0 Å². The monoisotopic (exact) mass is 720 g/mol. The molecule has 0 aromatic heterocycles. The Morgan fingerprint density at radius 3 is 1.26 bits per heavy atom. The maximum absolute atomic E-state index is 13.0. The van der Waals surface area contributed by atoms with Crippen molar-refractivity contribution in [3.8, 4) is 0 Å². The van der Waals surface area contributed by atoms with Gasteiger partial charge in [-0.2, -0.15) is 0 Å². The molecule has 0 N–H and O–H groups in total. The Labute approximate surface area is 287 Å². The Hall–Kier alpha value is -4.36. The van der Waals surface area contributed by atoms with Gasteiger partial charge in [-0.25, -0.2) is 0 Å². The SMILES string of the molecule is CC(=O)O[C@H]1O[C@H](OC(C)=O)[C@H](OC(C)=O)[C@@H](OC(C)=O)[C@@H]1O[C@@H]1O[C@H](COC(=O)C(C)C)[C@H](OC(C)=O)[C@H](OC(=O)C(C)C)[C@H]1OC(C)=O. The second-order valence-corrected chi connectivity index (χ2v) is 11.9. The normalized spacial score (nSPS) is 29.2. The van der Waals surface area contributed by atoms with E-state index in [1.165, 1.54) is 13.8 Å². The minimum Gasteiger partial charge on any atom is -0.463 e. The molecule has 19 nitrogen and oxygen atoms in total. The highest BCUT2D eigenvalue weighted by Crippen LogP contribution is 2.36. The van der Waals surface area contributed by atoms with Crippen LogP contribution in [0.2, 0.25) is 0 Å². The first-order valence-corrected chi connectivity index (χ1v) is 15.6. The highest BCUT2D eigenvalue weighted by Gasteiger charge is 2.59. The van der Waals surface area contributed by atoms with Gasteiger partial charge in [-0.3, -0.25) is 43.1 Å². The molecule has 0 spiro atoms. The molecule has 10 atom stereocenters. The molecule has 50 heavy (non-hydrogen) atoms. The van der Waals surface area contributed by atoms with Gasteiger partial charge in [0.2, 0.25) is 18.7 Å². The summed E-state index contributed by atoms with van der Waals surface area (Å²) >= 11 is 0. The average molecular weight is 721 g/mol. The van der Waals surface area contributed by atoms with Gasteiger partial charge in [0, 0.05) is 41.5 Å². The third-order valence-corrected chi connectivity index (χ3v) is 6.69. The summed E-state index contributed by atoms with van der Waals surface area (Å²) < 4.78 is 61.0. The van der Waals surface area contributed by atoms with Crippen LogP contribution in [0.25, 0.3) is 0 Å². The zero-order valence-corrected chi connectivity index (χ0v) is 29.4. The van der Waals surface area contributed by atoms with E-state index in [1.54, 1.807) is 13.8 Å². The average Bonchev–Trinajstić information content (AvgIpc) is 2.96. The van der Waals surface area contributed by atoms with Crippen molar-refractivity contribution in [2.45, 2.75) is 131 Å². The zero-order valence-electron chi connectivity index (χ0n) is 29.4. The molecule has 282 valence electrons. The molecule has 0 amide bonds. The lowest BCUT2D eigenvalue weighted by molar-refractivity contribution is -0.379. The Kier molecular flexibility index (Phi) is 15.5. The van der Waals surface area contributed by atoms with Crippen LogP contribution in [0.3, 0.4) is 0 Å². The Balaban J connectivity index is 2.78. The van der Waals surface area contributed by atoms with Crippen LogP contribution in [0.5, 0.6) is 0 Å². The Bertz CT molecular complexity index is 1280. The second kappa shape index (κ2) is 18.6. The van der Waals surface area contributed by atoms with Crippen molar-refractivity contribution in [2.75, 3.05) is 6.61 Å². The third-order valence-electron chi connectivity index (χ3n) is 6.69. The molecule has 0 aliphatic carbocycles. The largest absolute Gasteiger partial charge is 0.463 e. The summed E-state index contributed by atoms with van der Waals surface area (Å²) in [6.45, 7) is 11.5. The zero-order chi connectivity index (χ0) is 38.0. The molecular formula is C31H44O19. The van der Waals surface area contributed by atoms with Gasteiger partial charge in [-0.05, 0) is 0 Å². The number of ether oxygens (including phenoxy) is 11. The molecule has 2 saturated heterocycles. The molecule has 2 heterocycles. The fourth-order valence-corrected chi connectivity index (χ4v) is 4.75. The number of rotatable bonds is 13. The minimum absolute atomic E-state index is 0.599. The van der Waals surface area contributed by atoms with Gasteiger partial charge in [-0.1, -0.05) is 27.7 Å². The van der Waals surface area contributed by atoms with Crippen LogP contribution in [-0.2, 0) is 90.5 Å². The predicted octanol–water partition coefficient (Wildman–Crippen LogP) is 0.399. The lowest BCUT2D eigenvalue weighted by Gasteiger charge is -2.48. The molecule has 0 unspecified atom stereocenters. The van der Waals surface area contributed by atoms with Crippen molar-refractivity contribution >= 4 is 47.8 Å². The molecule has 19 heteroatoms. The van der Waals surface area contributed by atoms with Gasteiger partial charge in [0.1, 0.15) is 12.7 Å². The molecule has 2 fully saturated rings. The number of esters is 8. The van der Waals surface area contributed by atoms with Crippen molar-refractivity contribution in [1.29, 1.82) is 0 Å². The highest BCUT2D eigenvalue weighted by molar-refractivity contribution is 5.73. The maximum atomic E-state index is 13.0. The maximum Gasteiger partial charge on any atom is 0.308 e. The summed E-state index contributed by atoms with van der Waals surface area (Å²) in [5, 5.41) is 0. The summed E-state index contributed by atoms with van der Waals surface area (Å²) in [4.78, 5) is 98.7. The van der Waals surface area contributed by atoms with E-state index >= 15 is 0 Å². The van der Waals surface area contributed by atoms with Gasteiger partial charge in [0.05, 0.1) is 11.8 Å². The summed E-state index contributed by atoms with van der Waals surface area (Å²) in [5.74, 6) is -8.50. The van der Waals surface area contributed by atoms with E-state index in [2.05, 4.69) is 0 Å². The van der Waals surface area contributed by atoms with E-state index in [-0.39, 0.29) is 0 Å². The number of hydrogen-bond acceptors (Lipinski definition) is 19. The number of carbonyl (C=O) groups is 8. The molecule has 0 aromatic rings. The van der Waals surface area contributed by atoms with E-state index in [9.17, 15) is 38.4 Å². The van der Waals surface area contributed by atoms with Crippen molar-refractivity contribution in [2.24, 2.45) is 11.8 Å². The molecule has 0 saturated carbocycles. The van der Waals surface area contributed by atoms with E-state index < -0.39 is 128 Å². The van der Waals surface area contributed by atoms with E-state index in [0.29, 0.717) is 0 Å². The first-order chi connectivity index (χ1) is 23.2. The van der Waals surface area contributed by atoms with Gasteiger partial charge in [0.15, 0.2) is 36.8 Å². The Morgan fingerprint density at radius 2 is 0.820 bits per heavy atom. The third kappa shape index (κ3) is 12.2. The topological polar surface area (TPSA) is 238 Å². The van der Waals surface area contributed by atoms with Gasteiger partial charge in [0.25, 0.3) is 0 Å². The van der Waals surface area contributed by atoms with Crippen LogP contribution in [0, 0.1) is 11.8 Å². The molecule has 0 radical (unpaired) electrons. The number of carbonyl (C=O) groups excluding carboxylic acids is 8. The lowest BCUT2D eigenvalue weighted by atomic mass is 9.97. The predicted molar refractivity (Wildman–Crippen MR) is 158 cm³/mol. The lowest BCUT2D eigenvalue weighted by Crippen LogP contribution is -2.67. The fourth-order valence-electron chi connectivity index (χ4n) is 4.75. The first-order valence-electron chi connectivity index (χ1n) is 15.6. The van der Waals surface area contributed by atoms with Crippen molar-refractivity contribution in [3.05, 3.63) is 0 Å². The summed E-state index contributed by atoms with van der Waals surface area (Å²) in [6, 6.07) is 0. The van der Waals surface area contributed by atoms with Gasteiger partial charge < -0.3 is 47.4 Å². The summed E-state index contributed by atoms with van der Waals surface area (Å²) in [5.41, 5.74) is 0. The molecule has 2 aliphatic heterocycles. The number of hydrogen-bond donors (Lipinski definition) is 0. The summed E-state index contributed by atoms with van der Waals surface area (Å²) in [6.07, 6.45) is -17.4. The van der Waals surface area contributed by atoms with E-state index in [1.807, 2.05) is 0 Å². The molecular weight excluding hydrogens is 676 g/mol. The molecule has 2 rings (SSSR count). The van der Waals surface area contributed by atoms with Crippen molar-refractivity contribution < 1.29 is 90.5 Å². The second-order valence-electron chi connectivity index (χ2n) is 11.9. The van der Waals surface area contributed by atoms with Crippen LogP contribution in [0.1, 0.15) is 69.2 Å². The fraction of sp³-hybridized carbons (Fsp3) is 0.742. The van der Waals surface area contributed by atoms with Crippen LogP contribution >= 0.6 is 0 Å². The van der Waals surface area contributed by atoms with Crippen LogP contribution in [0.15, 0.2) is 0 Å². The van der Waals surface area contributed by atoms with Gasteiger partial charge in [-0.15, -0.1) is 0 Å². The summed E-state index contributed by atoms with van der Waals surface area (Å²) in [7, 11) is 0. The van der Waals surface area contributed by atoms with E-state index in [0.717, 1.165) is 41.5 Å². The van der Waals surface area contributed by atoms with Crippen LogP contribution in [0.4, 0.5) is 0 Å². The quantitative estimate of drug-likeness (QED) is 0.185. The van der Waals surface area contributed by atoms with Gasteiger partial charge >= 0.3 is 47.8 Å². The van der Waals surface area contributed by atoms with Crippen LogP contribution in [-0.4, -0.2) is 116 Å². The smallest absolute Gasteiger partial charge is 0.308 e. The minimum atomic E-state index is -1.90. The first kappa shape index (κ1) is 41.8. The highest BCUT2D eigenvalue weighted by atomic mass is 16.8. The molecule has 0 bridgehead atoms. The standard InChI is InChI=1S/C31H44O19/c1-12(2)27(38)40-11-20-21(41-14(5)32)22(48-28(39)13(3)4)24(43-16(7)34)31(47-20)49-26-23(42-15(6)33)25(44-17(8)35)29(45-18(9)36)50-30(26)46-19(10)37/h12-13,20-26,29-31H,11H2,1-10H3/t20-,21+,22+,23-,24-,25-,26+,29+,30+,31+/m1/s1. The van der Waals surface area contributed by atoms with Crippen molar-refractivity contribution in [3.63, 3.8) is 0 Å². The Morgan fingerprint density at radius 1 is 0.440 bits per heavy atom. The van der Waals surface area contributed by atoms with E-state index in [4.69, 9.17) is 52.1 Å². The van der Waals surface area contributed by atoms with Crippen LogP contribution < -0.4 is 0 Å².